The average molecular weight is 182 g/mol. The van der Waals surface area contributed by atoms with Crippen LogP contribution < -0.4 is 11.1 Å². The van der Waals surface area contributed by atoms with E-state index in [1.165, 1.54) is 0 Å². The van der Waals surface area contributed by atoms with Gasteiger partial charge >= 0.3 is 0 Å². The Morgan fingerprint density at radius 1 is 1.62 bits per heavy atom. The third-order valence-electron chi connectivity index (χ3n) is 2.10. The van der Waals surface area contributed by atoms with Crippen molar-refractivity contribution in [3.8, 4) is 0 Å². The summed E-state index contributed by atoms with van der Waals surface area (Å²) >= 11 is 0. The van der Waals surface area contributed by atoms with Crippen molar-refractivity contribution in [1.82, 2.24) is 5.32 Å². The van der Waals surface area contributed by atoms with E-state index in [0.717, 1.165) is 31.7 Å². The van der Waals surface area contributed by atoms with Gasteiger partial charge < -0.3 is 15.5 Å². The number of nitrogens with one attached hydrogen (secondary N) is 1. The molecule has 3 N–H and O–H groups in total. The zero-order chi connectivity index (χ0) is 9.52. The molecule has 74 valence electrons. The lowest BCUT2D eigenvalue weighted by atomic mass is 10.2. The van der Waals surface area contributed by atoms with E-state index in [2.05, 4.69) is 12.2 Å². The van der Waals surface area contributed by atoms with Gasteiger partial charge in [0.15, 0.2) is 0 Å². The topological polar surface area (TPSA) is 51.2 Å². The average Bonchev–Trinajstić information content (AvgIpc) is 2.64. The minimum absolute atomic E-state index is 0.323. The third-order valence-corrected chi connectivity index (χ3v) is 2.10. The maximum absolute atomic E-state index is 5.77. The first kappa shape index (κ1) is 10.3. The smallest absolute Gasteiger partial charge is 0.117 e. The van der Waals surface area contributed by atoms with Crippen molar-refractivity contribution in [2.45, 2.75) is 32.4 Å². The quantitative estimate of drug-likeness (QED) is 0.655. The van der Waals surface area contributed by atoms with Crippen molar-refractivity contribution in [3.05, 3.63) is 24.2 Å². The highest BCUT2D eigenvalue weighted by atomic mass is 16.3. The lowest BCUT2D eigenvalue weighted by molar-refractivity contribution is 0.471. The summed E-state index contributed by atoms with van der Waals surface area (Å²) in [7, 11) is 0. The highest BCUT2D eigenvalue weighted by molar-refractivity contribution is 4.97. The molecule has 0 radical (unpaired) electrons. The Morgan fingerprint density at radius 3 is 3.08 bits per heavy atom. The first-order valence-corrected chi connectivity index (χ1v) is 4.81. The van der Waals surface area contributed by atoms with Crippen LogP contribution in [-0.2, 0) is 6.54 Å². The summed E-state index contributed by atoms with van der Waals surface area (Å²) in [5.41, 5.74) is 5.77. The SMILES string of the molecule is CCC(N)CCNCc1ccco1. The highest BCUT2D eigenvalue weighted by Gasteiger charge is 1.98. The van der Waals surface area contributed by atoms with Crippen molar-refractivity contribution in [3.63, 3.8) is 0 Å². The second-order valence-electron chi connectivity index (χ2n) is 3.21. The molecule has 0 spiro atoms. The van der Waals surface area contributed by atoms with Gasteiger partial charge in [0.2, 0.25) is 0 Å². The Labute approximate surface area is 79.3 Å². The third kappa shape index (κ3) is 4.10. The molecule has 0 saturated carbocycles. The molecule has 1 rings (SSSR count). The van der Waals surface area contributed by atoms with Crippen LogP contribution in [0.1, 0.15) is 25.5 Å². The molecule has 0 bridgehead atoms. The van der Waals surface area contributed by atoms with Crippen LogP contribution in [0, 0.1) is 0 Å². The number of hydrogen-bond donors (Lipinski definition) is 2. The van der Waals surface area contributed by atoms with Gasteiger partial charge in [0, 0.05) is 6.04 Å². The fourth-order valence-electron chi connectivity index (χ4n) is 1.12. The summed E-state index contributed by atoms with van der Waals surface area (Å²) in [6.45, 7) is 3.86. The van der Waals surface area contributed by atoms with Crippen molar-refractivity contribution in [2.24, 2.45) is 5.73 Å². The lowest BCUT2D eigenvalue weighted by Gasteiger charge is -2.08. The molecule has 13 heavy (non-hydrogen) atoms. The van der Waals surface area contributed by atoms with Crippen molar-refractivity contribution < 1.29 is 4.42 Å². The van der Waals surface area contributed by atoms with Crippen molar-refractivity contribution in [1.29, 1.82) is 0 Å². The van der Waals surface area contributed by atoms with Gasteiger partial charge in [-0.1, -0.05) is 6.92 Å². The number of furan rings is 1. The molecule has 0 aromatic carbocycles. The van der Waals surface area contributed by atoms with Crippen LogP contribution in [-0.4, -0.2) is 12.6 Å². The molecule has 1 unspecified atom stereocenters. The Bertz CT molecular complexity index is 209. The molecule has 1 atom stereocenters. The van der Waals surface area contributed by atoms with Gasteiger partial charge in [-0.2, -0.15) is 0 Å². The maximum Gasteiger partial charge on any atom is 0.117 e. The lowest BCUT2D eigenvalue weighted by Crippen LogP contribution is -2.25. The number of hydrogen-bond acceptors (Lipinski definition) is 3. The Morgan fingerprint density at radius 2 is 2.46 bits per heavy atom. The van der Waals surface area contributed by atoms with Crippen LogP contribution >= 0.6 is 0 Å². The molecule has 3 heteroatoms. The van der Waals surface area contributed by atoms with E-state index in [1.54, 1.807) is 6.26 Å². The predicted molar refractivity (Wildman–Crippen MR) is 53.3 cm³/mol. The maximum atomic E-state index is 5.77. The summed E-state index contributed by atoms with van der Waals surface area (Å²) in [6.07, 6.45) is 3.76. The van der Waals surface area contributed by atoms with Gasteiger partial charge in [-0.05, 0) is 31.5 Å². The molecule has 0 fully saturated rings. The number of rotatable bonds is 6. The Balaban J connectivity index is 2.02. The Hall–Kier alpha value is -0.800. The van der Waals surface area contributed by atoms with Crippen LogP contribution in [0.2, 0.25) is 0 Å². The van der Waals surface area contributed by atoms with Crippen molar-refractivity contribution >= 4 is 0 Å². The molecular weight excluding hydrogens is 164 g/mol. The first-order chi connectivity index (χ1) is 6.33. The van der Waals surface area contributed by atoms with Crippen molar-refractivity contribution in [2.75, 3.05) is 6.54 Å². The van der Waals surface area contributed by atoms with Gasteiger partial charge in [-0.15, -0.1) is 0 Å². The summed E-state index contributed by atoms with van der Waals surface area (Å²) in [4.78, 5) is 0. The van der Waals surface area contributed by atoms with E-state index >= 15 is 0 Å². The minimum Gasteiger partial charge on any atom is -0.468 e. The van der Waals surface area contributed by atoms with Crippen LogP contribution in [0.15, 0.2) is 22.8 Å². The van der Waals surface area contributed by atoms with Gasteiger partial charge in [0.25, 0.3) is 0 Å². The molecule has 0 aliphatic carbocycles. The molecule has 0 aliphatic heterocycles. The molecule has 0 amide bonds. The van der Waals surface area contributed by atoms with E-state index in [1.807, 2.05) is 12.1 Å². The molecule has 0 aliphatic rings. The second kappa shape index (κ2) is 5.78. The molecule has 0 saturated heterocycles. The molecule has 1 aromatic rings. The summed E-state index contributed by atoms with van der Waals surface area (Å²) in [5, 5.41) is 3.28. The van der Waals surface area contributed by atoms with E-state index in [-0.39, 0.29) is 0 Å². The van der Waals surface area contributed by atoms with E-state index in [9.17, 15) is 0 Å². The normalized spacial score (nSPS) is 13.1. The van der Waals surface area contributed by atoms with E-state index in [4.69, 9.17) is 10.2 Å². The summed E-state index contributed by atoms with van der Waals surface area (Å²) in [6, 6.07) is 4.19. The van der Waals surface area contributed by atoms with Crippen LogP contribution in [0.5, 0.6) is 0 Å². The first-order valence-electron chi connectivity index (χ1n) is 4.81. The standard InChI is InChI=1S/C10H18N2O/c1-2-9(11)5-6-12-8-10-4-3-7-13-10/h3-4,7,9,12H,2,5-6,8,11H2,1H3. The molecule has 1 heterocycles. The summed E-state index contributed by atoms with van der Waals surface area (Å²) in [5.74, 6) is 0.977. The largest absolute Gasteiger partial charge is 0.468 e. The molecule has 1 aromatic heterocycles. The van der Waals surface area contributed by atoms with E-state index in [0.29, 0.717) is 6.04 Å². The van der Waals surface area contributed by atoms with Gasteiger partial charge in [-0.3, -0.25) is 0 Å². The van der Waals surface area contributed by atoms with Crippen LogP contribution in [0.4, 0.5) is 0 Å². The van der Waals surface area contributed by atoms with Crippen LogP contribution in [0.25, 0.3) is 0 Å². The number of nitrogens with two attached hydrogens (primary N) is 1. The predicted octanol–water partition coefficient (Wildman–Crippen LogP) is 1.50. The van der Waals surface area contributed by atoms with Gasteiger partial charge in [0.1, 0.15) is 5.76 Å². The van der Waals surface area contributed by atoms with Gasteiger partial charge in [0.05, 0.1) is 12.8 Å². The van der Waals surface area contributed by atoms with E-state index < -0.39 is 0 Å². The zero-order valence-corrected chi connectivity index (χ0v) is 8.12. The van der Waals surface area contributed by atoms with Crippen LogP contribution in [0.3, 0.4) is 0 Å². The minimum atomic E-state index is 0.323. The Kier molecular flexibility index (Phi) is 4.57. The van der Waals surface area contributed by atoms with Gasteiger partial charge in [-0.25, -0.2) is 0 Å². The zero-order valence-electron chi connectivity index (χ0n) is 8.12. The fraction of sp³-hybridized carbons (Fsp3) is 0.600. The monoisotopic (exact) mass is 182 g/mol. The molecular formula is C10H18N2O. The fourth-order valence-corrected chi connectivity index (χ4v) is 1.12. The molecule has 3 nitrogen and oxygen atoms in total. The highest BCUT2D eigenvalue weighted by Crippen LogP contribution is 1.98. The second-order valence-corrected chi connectivity index (χ2v) is 3.21. The summed E-state index contributed by atoms with van der Waals surface area (Å²) < 4.78 is 5.17.